The molecule has 1 saturated carbocycles. The van der Waals surface area contributed by atoms with E-state index in [0.29, 0.717) is 17.8 Å². The van der Waals surface area contributed by atoms with Crippen molar-refractivity contribution < 1.29 is 4.79 Å². The number of hydrogen-bond acceptors (Lipinski definition) is 3. The Kier molecular flexibility index (Phi) is 4.56. The normalized spacial score (nSPS) is 21.9. The molecule has 1 amide bonds. The molecule has 0 spiro atoms. The van der Waals surface area contributed by atoms with Gasteiger partial charge in [-0.1, -0.05) is 22.4 Å². The highest BCUT2D eigenvalue weighted by Gasteiger charge is 2.32. The molecule has 1 aliphatic rings. The van der Waals surface area contributed by atoms with Gasteiger partial charge >= 0.3 is 0 Å². The predicted molar refractivity (Wildman–Crippen MR) is 77.4 cm³/mol. The fourth-order valence-electron chi connectivity index (χ4n) is 2.61. The minimum Gasteiger partial charge on any atom is -0.330 e. The van der Waals surface area contributed by atoms with Crippen molar-refractivity contribution in [2.45, 2.75) is 19.3 Å². The maximum absolute atomic E-state index is 12.2. The molecule has 5 heteroatoms. The average molecular weight is 322 g/mol. The highest BCUT2D eigenvalue weighted by atomic mass is 79.9. The molecular weight excluding hydrogens is 306 g/mol. The molecule has 3 N–H and O–H groups in total. The molecule has 1 aliphatic carbocycles. The summed E-state index contributed by atoms with van der Waals surface area (Å²) in [5.74, 6) is 0.216. The Morgan fingerprint density at radius 3 is 3.00 bits per heavy atom. The van der Waals surface area contributed by atoms with E-state index in [9.17, 15) is 4.79 Å². The van der Waals surface area contributed by atoms with Crippen LogP contribution in [0.4, 0.5) is 5.69 Å². The Morgan fingerprint density at radius 2 is 2.32 bits per heavy atom. The van der Waals surface area contributed by atoms with Crippen molar-refractivity contribution in [1.82, 2.24) is 0 Å². The van der Waals surface area contributed by atoms with Crippen LogP contribution in [0.15, 0.2) is 22.7 Å². The molecule has 2 rings (SSSR count). The summed E-state index contributed by atoms with van der Waals surface area (Å²) in [7, 11) is 0. The van der Waals surface area contributed by atoms with E-state index in [2.05, 4.69) is 27.3 Å². The molecule has 0 heterocycles. The van der Waals surface area contributed by atoms with E-state index in [-0.39, 0.29) is 17.7 Å². The quantitative estimate of drug-likeness (QED) is 0.898. The minimum absolute atomic E-state index is 0.0215. The molecule has 100 valence electrons. The number of rotatable bonds is 3. The predicted octanol–water partition coefficient (Wildman–Crippen LogP) is 2.63. The second-order valence-corrected chi connectivity index (χ2v) is 5.74. The Bertz CT molecular complexity index is 524. The first-order valence-electron chi connectivity index (χ1n) is 6.36. The monoisotopic (exact) mass is 321 g/mol. The number of halogens is 1. The number of anilines is 1. The lowest BCUT2D eigenvalue weighted by Gasteiger charge is -2.17. The van der Waals surface area contributed by atoms with E-state index in [1.54, 1.807) is 12.1 Å². The summed E-state index contributed by atoms with van der Waals surface area (Å²) < 4.78 is 0.822. The third-order valence-corrected chi connectivity index (χ3v) is 4.15. The van der Waals surface area contributed by atoms with Crippen LogP contribution in [0, 0.1) is 23.2 Å². The number of benzene rings is 1. The first-order valence-corrected chi connectivity index (χ1v) is 7.15. The molecule has 0 radical (unpaired) electrons. The number of nitriles is 1. The van der Waals surface area contributed by atoms with E-state index < -0.39 is 0 Å². The maximum atomic E-state index is 12.2. The fraction of sp³-hybridized carbons (Fsp3) is 0.429. The molecule has 0 aliphatic heterocycles. The van der Waals surface area contributed by atoms with Gasteiger partial charge in [-0.25, -0.2) is 0 Å². The Balaban J connectivity index is 2.13. The molecule has 0 saturated heterocycles. The van der Waals surface area contributed by atoms with E-state index in [4.69, 9.17) is 11.0 Å². The SMILES string of the molecule is N#Cc1cc(Br)ccc1NC(=O)C1CCCC1CN. The van der Waals surface area contributed by atoms with Crippen LogP contribution in [-0.2, 0) is 4.79 Å². The Labute approximate surface area is 121 Å². The van der Waals surface area contributed by atoms with Crippen LogP contribution < -0.4 is 11.1 Å². The molecule has 0 bridgehead atoms. The van der Waals surface area contributed by atoms with Gasteiger partial charge in [0, 0.05) is 10.4 Å². The number of amides is 1. The third-order valence-electron chi connectivity index (χ3n) is 3.66. The number of nitrogens with one attached hydrogen (secondary N) is 1. The first kappa shape index (κ1) is 14.0. The second-order valence-electron chi connectivity index (χ2n) is 4.82. The van der Waals surface area contributed by atoms with E-state index in [1.807, 2.05) is 6.07 Å². The van der Waals surface area contributed by atoms with E-state index in [0.717, 1.165) is 23.7 Å². The van der Waals surface area contributed by atoms with Gasteiger partial charge in [0.15, 0.2) is 0 Å². The number of hydrogen-bond donors (Lipinski definition) is 2. The van der Waals surface area contributed by atoms with E-state index in [1.165, 1.54) is 0 Å². The minimum atomic E-state index is -0.0276. The lowest BCUT2D eigenvalue weighted by molar-refractivity contribution is -0.120. The van der Waals surface area contributed by atoms with Gasteiger partial charge in [-0.15, -0.1) is 0 Å². The van der Waals surface area contributed by atoms with Crippen molar-refractivity contribution in [3.8, 4) is 6.07 Å². The highest BCUT2D eigenvalue weighted by Crippen LogP contribution is 2.32. The molecular formula is C14H16BrN3O. The smallest absolute Gasteiger partial charge is 0.227 e. The van der Waals surface area contributed by atoms with Gasteiger partial charge in [0.2, 0.25) is 5.91 Å². The van der Waals surface area contributed by atoms with Crippen LogP contribution in [0.1, 0.15) is 24.8 Å². The van der Waals surface area contributed by atoms with Crippen molar-refractivity contribution in [3.63, 3.8) is 0 Å². The van der Waals surface area contributed by atoms with Gasteiger partial charge in [0.1, 0.15) is 6.07 Å². The number of nitrogens with zero attached hydrogens (tertiary/aromatic N) is 1. The molecule has 2 unspecified atom stereocenters. The van der Waals surface area contributed by atoms with Crippen molar-refractivity contribution in [2.75, 3.05) is 11.9 Å². The molecule has 19 heavy (non-hydrogen) atoms. The molecule has 4 nitrogen and oxygen atoms in total. The van der Waals surface area contributed by atoms with Gasteiger partial charge in [-0.05, 0) is 43.5 Å². The number of carbonyl (C=O) groups is 1. The standard InChI is InChI=1S/C14H16BrN3O/c15-11-4-5-13(10(6-11)8-17)18-14(19)12-3-1-2-9(12)7-16/h4-6,9,12H,1-3,7,16H2,(H,18,19). The van der Waals surface area contributed by atoms with Crippen molar-refractivity contribution in [1.29, 1.82) is 5.26 Å². The average Bonchev–Trinajstić information content (AvgIpc) is 2.89. The first-order chi connectivity index (χ1) is 9.15. The zero-order valence-corrected chi connectivity index (χ0v) is 12.1. The molecule has 0 aromatic heterocycles. The number of carbonyl (C=O) groups excluding carboxylic acids is 1. The van der Waals surface area contributed by atoms with Crippen molar-refractivity contribution in [3.05, 3.63) is 28.2 Å². The molecule has 2 atom stereocenters. The zero-order chi connectivity index (χ0) is 13.8. The van der Waals surface area contributed by atoms with E-state index >= 15 is 0 Å². The lowest BCUT2D eigenvalue weighted by Crippen LogP contribution is -2.30. The van der Waals surface area contributed by atoms with Crippen LogP contribution in [0.2, 0.25) is 0 Å². The van der Waals surface area contributed by atoms with Gasteiger partial charge in [-0.3, -0.25) is 4.79 Å². The summed E-state index contributed by atoms with van der Waals surface area (Å²) in [5.41, 5.74) is 6.72. The Morgan fingerprint density at radius 1 is 1.53 bits per heavy atom. The summed E-state index contributed by atoms with van der Waals surface area (Å²) in [4.78, 5) is 12.2. The molecule has 1 aromatic carbocycles. The van der Waals surface area contributed by atoms with Crippen LogP contribution in [0.5, 0.6) is 0 Å². The van der Waals surface area contributed by atoms with Crippen LogP contribution in [0.3, 0.4) is 0 Å². The fourth-order valence-corrected chi connectivity index (χ4v) is 2.97. The molecule has 1 aromatic rings. The second kappa shape index (κ2) is 6.18. The summed E-state index contributed by atoms with van der Waals surface area (Å²) in [5, 5.41) is 11.9. The van der Waals surface area contributed by atoms with Crippen LogP contribution in [0.25, 0.3) is 0 Å². The van der Waals surface area contributed by atoms with Crippen LogP contribution >= 0.6 is 15.9 Å². The van der Waals surface area contributed by atoms with Crippen molar-refractivity contribution >= 4 is 27.5 Å². The number of nitrogens with two attached hydrogens (primary N) is 1. The van der Waals surface area contributed by atoms with Crippen molar-refractivity contribution in [2.24, 2.45) is 17.6 Å². The van der Waals surface area contributed by atoms with Gasteiger partial charge in [0.25, 0.3) is 0 Å². The summed E-state index contributed by atoms with van der Waals surface area (Å²) in [6.45, 7) is 0.545. The Hall–Kier alpha value is -1.38. The summed E-state index contributed by atoms with van der Waals surface area (Å²) in [6.07, 6.45) is 2.94. The van der Waals surface area contributed by atoms with Gasteiger partial charge in [-0.2, -0.15) is 5.26 Å². The molecule has 1 fully saturated rings. The lowest BCUT2D eigenvalue weighted by atomic mass is 9.95. The van der Waals surface area contributed by atoms with Gasteiger partial charge < -0.3 is 11.1 Å². The topological polar surface area (TPSA) is 78.9 Å². The zero-order valence-electron chi connectivity index (χ0n) is 10.5. The summed E-state index contributed by atoms with van der Waals surface area (Å²) >= 11 is 3.31. The maximum Gasteiger partial charge on any atom is 0.227 e. The third kappa shape index (κ3) is 3.14. The summed E-state index contributed by atoms with van der Waals surface area (Å²) in [6, 6.07) is 7.34. The van der Waals surface area contributed by atoms with Crippen LogP contribution in [-0.4, -0.2) is 12.5 Å². The van der Waals surface area contributed by atoms with Gasteiger partial charge in [0.05, 0.1) is 11.3 Å². The largest absolute Gasteiger partial charge is 0.330 e. The highest BCUT2D eigenvalue weighted by molar-refractivity contribution is 9.10.